The average molecular weight is 221 g/mol. The van der Waals surface area contributed by atoms with Gasteiger partial charge in [-0.1, -0.05) is 0 Å². The van der Waals surface area contributed by atoms with Gasteiger partial charge < -0.3 is 10.6 Å². The van der Waals surface area contributed by atoms with Gasteiger partial charge in [0.1, 0.15) is 0 Å². The number of rotatable bonds is 2. The van der Waals surface area contributed by atoms with Crippen LogP contribution in [0.3, 0.4) is 0 Å². The second-order valence-electron chi connectivity index (χ2n) is 4.56. The summed E-state index contributed by atoms with van der Waals surface area (Å²) in [5, 5.41) is 4.37. The summed E-state index contributed by atoms with van der Waals surface area (Å²) in [6, 6.07) is 0.601. The van der Waals surface area contributed by atoms with E-state index in [9.17, 15) is 0 Å². The van der Waals surface area contributed by atoms with E-state index in [-0.39, 0.29) is 6.04 Å². The van der Waals surface area contributed by atoms with Crippen LogP contribution in [0.4, 0.5) is 0 Å². The maximum atomic E-state index is 5.91. The SMILES string of the molecule is Cc1nn(C)cc1C1CN=C(N)N1C(C)C. The van der Waals surface area contributed by atoms with Crippen LogP contribution in [-0.2, 0) is 7.05 Å². The standard InChI is InChI=1S/C11H19N5/c1-7(2)16-10(5-13-11(16)12)9-6-15(4)14-8(9)3/h6-7,10H,5H2,1-4H3,(H2,12,13). The molecule has 0 aromatic carbocycles. The first-order valence-corrected chi connectivity index (χ1v) is 5.59. The van der Waals surface area contributed by atoms with Gasteiger partial charge in [0.15, 0.2) is 5.96 Å². The first-order chi connectivity index (χ1) is 7.50. The smallest absolute Gasteiger partial charge is 0.192 e. The molecule has 5 heteroatoms. The number of guanidine groups is 1. The second-order valence-corrected chi connectivity index (χ2v) is 4.56. The van der Waals surface area contributed by atoms with E-state index >= 15 is 0 Å². The molecule has 1 aliphatic rings. The van der Waals surface area contributed by atoms with Crippen molar-refractivity contribution in [2.24, 2.45) is 17.8 Å². The van der Waals surface area contributed by atoms with E-state index in [1.54, 1.807) is 0 Å². The maximum absolute atomic E-state index is 5.91. The Kier molecular flexibility index (Phi) is 2.61. The van der Waals surface area contributed by atoms with Gasteiger partial charge in [-0.15, -0.1) is 0 Å². The van der Waals surface area contributed by atoms with Crippen LogP contribution in [0.15, 0.2) is 11.2 Å². The number of aliphatic imine (C=N–C) groups is 1. The summed E-state index contributed by atoms with van der Waals surface area (Å²) in [5.74, 6) is 0.642. The molecule has 1 aliphatic heterocycles. The van der Waals surface area contributed by atoms with Crippen LogP contribution < -0.4 is 5.73 Å². The van der Waals surface area contributed by atoms with Gasteiger partial charge in [0.25, 0.3) is 0 Å². The maximum Gasteiger partial charge on any atom is 0.192 e. The average Bonchev–Trinajstić information content (AvgIpc) is 2.69. The normalized spacial score (nSPS) is 20.7. The van der Waals surface area contributed by atoms with Crippen molar-refractivity contribution >= 4 is 5.96 Å². The molecule has 0 spiro atoms. The van der Waals surface area contributed by atoms with E-state index < -0.39 is 0 Å². The van der Waals surface area contributed by atoms with Crippen LogP contribution in [0.2, 0.25) is 0 Å². The molecule has 1 aromatic heterocycles. The lowest BCUT2D eigenvalue weighted by molar-refractivity contribution is 0.289. The van der Waals surface area contributed by atoms with Crippen molar-refractivity contribution in [2.75, 3.05) is 6.54 Å². The van der Waals surface area contributed by atoms with Crippen molar-refractivity contribution < 1.29 is 0 Å². The fraction of sp³-hybridized carbons (Fsp3) is 0.636. The Morgan fingerprint density at radius 1 is 1.50 bits per heavy atom. The van der Waals surface area contributed by atoms with Crippen LogP contribution in [-0.4, -0.2) is 33.2 Å². The number of aryl methyl sites for hydroxylation is 2. The molecule has 2 N–H and O–H groups in total. The van der Waals surface area contributed by atoms with Crippen LogP contribution >= 0.6 is 0 Å². The summed E-state index contributed by atoms with van der Waals surface area (Å²) in [6.07, 6.45) is 2.06. The molecule has 0 fully saturated rings. The van der Waals surface area contributed by atoms with Crippen molar-refractivity contribution in [1.82, 2.24) is 14.7 Å². The molecule has 2 heterocycles. The zero-order chi connectivity index (χ0) is 11.9. The van der Waals surface area contributed by atoms with Gasteiger partial charge in [-0.25, -0.2) is 0 Å². The topological polar surface area (TPSA) is 59.4 Å². The minimum Gasteiger partial charge on any atom is -0.370 e. The van der Waals surface area contributed by atoms with E-state index in [0.29, 0.717) is 12.0 Å². The van der Waals surface area contributed by atoms with Crippen molar-refractivity contribution in [1.29, 1.82) is 0 Å². The van der Waals surface area contributed by atoms with Crippen LogP contribution in [0.1, 0.15) is 31.1 Å². The Balaban J connectivity index is 2.32. The Labute approximate surface area is 95.9 Å². The predicted molar refractivity (Wildman–Crippen MR) is 64.2 cm³/mol. The highest BCUT2D eigenvalue weighted by atomic mass is 15.3. The fourth-order valence-electron chi connectivity index (χ4n) is 2.33. The lowest BCUT2D eigenvalue weighted by Gasteiger charge is -2.29. The van der Waals surface area contributed by atoms with Crippen LogP contribution in [0.25, 0.3) is 0 Å². The third-order valence-corrected chi connectivity index (χ3v) is 2.99. The molecule has 0 saturated heterocycles. The predicted octanol–water partition coefficient (Wildman–Crippen LogP) is 0.808. The van der Waals surface area contributed by atoms with Crippen molar-refractivity contribution in [3.8, 4) is 0 Å². The van der Waals surface area contributed by atoms with Gasteiger partial charge in [0.05, 0.1) is 18.3 Å². The van der Waals surface area contributed by atoms with Gasteiger partial charge in [0, 0.05) is 24.8 Å². The van der Waals surface area contributed by atoms with E-state index in [1.165, 1.54) is 5.56 Å². The number of hydrogen-bond donors (Lipinski definition) is 1. The molecule has 1 unspecified atom stereocenters. The molecular formula is C11H19N5. The van der Waals surface area contributed by atoms with E-state index in [4.69, 9.17) is 5.73 Å². The summed E-state index contributed by atoms with van der Waals surface area (Å²) in [6.45, 7) is 7.03. The summed E-state index contributed by atoms with van der Waals surface area (Å²) in [7, 11) is 1.94. The molecule has 1 aromatic rings. The van der Waals surface area contributed by atoms with E-state index in [2.05, 4.69) is 35.0 Å². The third kappa shape index (κ3) is 1.66. The summed E-state index contributed by atoms with van der Waals surface area (Å²) in [5.41, 5.74) is 8.19. The lowest BCUT2D eigenvalue weighted by atomic mass is 10.1. The molecule has 2 rings (SSSR count). The minimum absolute atomic E-state index is 0.244. The molecule has 0 aliphatic carbocycles. The van der Waals surface area contributed by atoms with Crippen LogP contribution in [0, 0.1) is 6.92 Å². The van der Waals surface area contributed by atoms with Crippen molar-refractivity contribution in [3.63, 3.8) is 0 Å². The van der Waals surface area contributed by atoms with Gasteiger partial charge in [0.2, 0.25) is 0 Å². The highest BCUT2D eigenvalue weighted by molar-refractivity contribution is 5.80. The van der Waals surface area contributed by atoms with E-state index in [1.807, 2.05) is 18.7 Å². The van der Waals surface area contributed by atoms with Gasteiger partial charge >= 0.3 is 0 Å². The zero-order valence-corrected chi connectivity index (χ0v) is 10.3. The molecule has 0 bridgehead atoms. The first kappa shape index (κ1) is 11.0. The van der Waals surface area contributed by atoms with Gasteiger partial charge in [-0.2, -0.15) is 5.10 Å². The summed E-state index contributed by atoms with van der Waals surface area (Å²) >= 11 is 0. The van der Waals surface area contributed by atoms with Gasteiger partial charge in [-0.05, 0) is 20.8 Å². The first-order valence-electron chi connectivity index (χ1n) is 5.59. The quantitative estimate of drug-likeness (QED) is 0.804. The zero-order valence-electron chi connectivity index (χ0n) is 10.3. The highest BCUT2D eigenvalue weighted by Gasteiger charge is 2.31. The molecule has 5 nitrogen and oxygen atoms in total. The molecule has 1 atom stereocenters. The molecule has 0 radical (unpaired) electrons. The molecular weight excluding hydrogens is 202 g/mol. The second kappa shape index (κ2) is 3.81. The Bertz CT molecular complexity index is 418. The highest BCUT2D eigenvalue weighted by Crippen LogP contribution is 2.28. The lowest BCUT2D eigenvalue weighted by Crippen LogP contribution is -2.41. The molecule has 16 heavy (non-hydrogen) atoms. The van der Waals surface area contributed by atoms with Crippen molar-refractivity contribution in [3.05, 3.63) is 17.5 Å². The number of aromatic nitrogens is 2. The van der Waals surface area contributed by atoms with Gasteiger partial charge in [-0.3, -0.25) is 9.67 Å². The van der Waals surface area contributed by atoms with Crippen LogP contribution in [0.5, 0.6) is 0 Å². The number of hydrogen-bond acceptors (Lipinski definition) is 4. The Morgan fingerprint density at radius 2 is 2.19 bits per heavy atom. The largest absolute Gasteiger partial charge is 0.370 e. The third-order valence-electron chi connectivity index (χ3n) is 2.99. The molecule has 0 saturated carbocycles. The summed E-state index contributed by atoms with van der Waals surface area (Å²) < 4.78 is 1.84. The Hall–Kier alpha value is -1.52. The molecule has 0 amide bonds. The monoisotopic (exact) mass is 221 g/mol. The van der Waals surface area contributed by atoms with E-state index in [0.717, 1.165) is 12.2 Å². The number of nitrogens with zero attached hydrogens (tertiary/aromatic N) is 4. The number of nitrogens with two attached hydrogens (primary N) is 1. The fourth-order valence-corrected chi connectivity index (χ4v) is 2.33. The van der Waals surface area contributed by atoms with Crippen molar-refractivity contribution in [2.45, 2.75) is 32.9 Å². The molecule has 88 valence electrons. The Morgan fingerprint density at radius 3 is 2.69 bits per heavy atom. The minimum atomic E-state index is 0.244. The summed E-state index contributed by atoms with van der Waals surface area (Å²) in [4.78, 5) is 6.49.